The molecule has 0 unspecified atom stereocenters. The van der Waals surface area contributed by atoms with Gasteiger partial charge in [-0.1, -0.05) is 72.3 Å². The maximum Gasteiger partial charge on any atom is 0.329 e. The van der Waals surface area contributed by atoms with E-state index in [2.05, 4.69) is 5.32 Å². The van der Waals surface area contributed by atoms with E-state index in [1.807, 2.05) is 73.7 Å². The molecule has 0 radical (unpaired) electrons. The van der Waals surface area contributed by atoms with Crippen LogP contribution in [0.5, 0.6) is 0 Å². The van der Waals surface area contributed by atoms with Crippen LogP contribution in [0, 0.1) is 6.92 Å². The number of rotatable bonds is 3. The summed E-state index contributed by atoms with van der Waals surface area (Å²) in [6, 6.07) is 21.3. The van der Waals surface area contributed by atoms with Gasteiger partial charge in [0.2, 0.25) is 0 Å². The van der Waals surface area contributed by atoms with Crippen LogP contribution in [0.3, 0.4) is 0 Å². The molecule has 0 spiro atoms. The minimum Gasteiger partial charge on any atom is -0.303 e. The van der Waals surface area contributed by atoms with Crippen molar-refractivity contribution in [1.29, 1.82) is 0 Å². The van der Waals surface area contributed by atoms with E-state index >= 15 is 0 Å². The molecule has 1 aliphatic rings. The number of hydrogen-bond donors (Lipinski definition) is 1. The highest BCUT2D eigenvalue weighted by molar-refractivity contribution is 6.14. The average Bonchev–Trinajstić information content (AvgIpc) is 2.90. The lowest BCUT2D eigenvalue weighted by Gasteiger charge is -2.12. The number of benzene rings is 3. The molecule has 1 saturated heterocycles. The summed E-state index contributed by atoms with van der Waals surface area (Å²) < 4.78 is 0. The first-order valence-electron chi connectivity index (χ1n) is 8.50. The number of nitrogens with zero attached hydrogens (tertiary/aromatic N) is 1. The first kappa shape index (κ1) is 16.1. The fourth-order valence-electron chi connectivity index (χ4n) is 3.24. The van der Waals surface area contributed by atoms with Crippen LogP contribution in [0.4, 0.5) is 4.79 Å². The first-order chi connectivity index (χ1) is 12.6. The molecule has 0 aromatic heterocycles. The van der Waals surface area contributed by atoms with Gasteiger partial charge >= 0.3 is 6.03 Å². The van der Waals surface area contributed by atoms with Gasteiger partial charge in [-0.2, -0.15) is 0 Å². The average molecular weight is 342 g/mol. The molecule has 0 saturated carbocycles. The van der Waals surface area contributed by atoms with E-state index in [4.69, 9.17) is 0 Å². The molecule has 26 heavy (non-hydrogen) atoms. The Morgan fingerprint density at radius 3 is 2.58 bits per heavy atom. The lowest BCUT2D eigenvalue weighted by molar-refractivity contribution is -0.123. The zero-order chi connectivity index (χ0) is 18.1. The zero-order valence-electron chi connectivity index (χ0n) is 14.4. The second-order valence-corrected chi connectivity index (χ2v) is 6.44. The molecule has 3 amide bonds. The third-order valence-electron chi connectivity index (χ3n) is 4.51. The van der Waals surface area contributed by atoms with Crippen molar-refractivity contribution in [2.75, 3.05) is 0 Å². The fourth-order valence-corrected chi connectivity index (χ4v) is 3.24. The number of urea groups is 1. The Kier molecular flexibility index (Phi) is 4.01. The third-order valence-corrected chi connectivity index (χ3v) is 4.51. The Morgan fingerprint density at radius 1 is 0.962 bits per heavy atom. The van der Waals surface area contributed by atoms with Gasteiger partial charge in [0.05, 0.1) is 6.54 Å². The van der Waals surface area contributed by atoms with Gasteiger partial charge in [0.15, 0.2) is 0 Å². The molecule has 0 atom stereocenters. The third kappa shape index (κ3) is 2.97. The number of fused-ring (bicyclic) bond motifs is 1. The van der Waals surface area contributed by atoms with Crippen molar-refractivity contribution in [3.63, 3.8) is 0 Å². The van der Waals surface area contributed by atoms with Gasteiger partial charge in [-0.15, -0.1) is 0 Å². The van der Waals surface area contributed by atoms with Gasteiger partial charge in [-0.25, -0.2) is 4.79 Å². The second-order valence-electron chi connectivity index (χ2n) is 6.44. The number of hydrogen-bond acceptors (Lipinski definition) is 2. The first-order valence-corrected chi connectivity index (χ1v) is 8.50. The molecule has 4 rings (SSSR count). The van der Waals surface area contributed by atoms with Crippen LogP contribution in [-0.4, -0.2) is 16.8 Å². The molecule has 128 valence electrons. The molecule has 1 aliphatic heterocycles. The van der Waals surface area contributed by atoms with Gasteiger partial charge in [-0.3, -0.25) is 9.69 Å². The summed E-state index contributed by atoms with van der Waals surface area (Å²) in [6.45, 7) is 2.25. The highest BCUT2D eigenvalue weighted by Crippen LogP contribution is 2.23. The maximum absolute atomic E-state index is 12.7. The number of aryl methyl sites for hydroxylation is 1. The lowest BCUT2D eigenvalue weighted by atomic mass is 10.0. The summed E-state index contributed by atoms with van der Waals surface area (Å²) in [7, 11) is 0. The normalized spacial score (nSPS) is 15.7. The summed E-state index contributed by atoms with van der Waals surface area (Å²) in [5.74, 6) is -0.301. The van der Waals surface area contributed by atoms with Crippen molar-refractivity contribution in [2.24, 2.45) is 0 Å². The van der Waals surface area contributed by atoms with Crippen LogP contribution in [0.2, 0.25) is 0 Å². The van der Waals surface area contributed by atoms with Crippen LogP contribution in [-0.2, 0) is 11.3 Å². The molecule has 0 bridgehead atoms. The van der Waals surface area contributed by atoms with Crippen molar-refractivity contribution in [3.05, 3.63) is 89.1 Å². The number of carbonyl (C=O) groups is 2. The molecule has 4 heteroatoms. The van der Waals surface area contributed by atoms with Crippen LogP contribution < -0.4 is 5.32 Å². The summed E-state index contributed by atoms with van der Waals surface area (Å²) in [5.41, 5.74) is 3.24. The fraction of sp³-hybridized carbons (Fsp3) is 0.0909. The molecule has 3 aromatic rings. The molecule has 1 N–H and O–H groups in total. The van der Waals surface area contributed by atoms with Crippen LogP contribution in [0.15, 0.2) is 72.4 Å². The van der Waals surface area contributed by atoms with Crippen molar-refractivity contribution in [3.8, 4) is 0 Å². The molecular formula is C22H18N2O2. The van der Waals surface area contributed by atoms with Crippen LogP contribution in [0.25, 0.3) is 16.8 Å². The monoisotopic (exact) mass is 342 g/mol. The Bertz CT molecular complexity index is 1050. The maximum atomic E-state index is 12.7. The summed E-state index contributed by atoms with van der Waals surface area (Å²) in [4.78, 5) is 26.3. The number of nitrogens with one attached hydrogen (secondary N) is 1. The highest BCUT2D eigenvalue weighted by atomic mass is 16.2. The van der Waals surface area contributed by atoms with E-state index in [9.17, 15) is 9.59 Å². The molecule has 1 fully saturated rings. The van der Waals surface area contributed by atoms with Crippen molar-refractivity contribution >= 4 is 28.8 Å². The Morgan fingerprint density at radius 2 is 1.73 bits per heavy atom. The minimum absolute atomic E-state index is 0.263. The van der Waals surface area contributed by atoms with Gasteiger partial charge in [0, 0.05) is 0 Å². The lowest BCUT2D eigenvalue weighted by Crippen LogP contribution is -2.30. The molecular weight excluding hydrogens is 324 g/mol. The van der Waals surface area contributed by atoms with Crippen LogP contribution >= 0.6 is 0 Å². The largest absolute Gasteiger partial charge is 0.329 e. The standard InChI is InChI=1S/C22H18N2O2/c1-15-6-4-7-16(12-15)14-24-21(25)20(23-22(24)26)13-18-10-5-9-17-8-2-3-11-19(17)18/h2-13H,14H2,1H3,(H,23,26)/b20-13+. The Labute approximate surface area is 151 Å². The van der Waals surface area contributed by atoms with Gasteiger partial charge < -0.3 is 5.32 Å². The van der Waals surface area contributed by atoms with Crippen LogP contribution in [0.1, 0.15) is 16.7 Å². The van der Waals surface area contributed by atoms with E-state index in [0.717, 1.165) is 27.5 Å². The van der Waals surface area contributed by atoms with Gasteiger partial charge in [0.25, 0.3) is 5.91 Å². The summed E-state index contributed by atoms with van der Waals surface area (Å²) >= 11 is 0. The number of imide groups is 1. The van der Waals surface area contributed by atoms with E-state index in [-0.39, 0.29) is 18.5 Å². The van der Waals surface area contributed by atoms with E-state index < -0.39 is 0 Å². The highest BCUT2D eigenvalue weighted by Gasteiger charge is 2.33. The molecule has 1 heterocycles. The van der Waals surface area contributed by atoms with Gasteiger partial charge in [-0.05, 0) is 34.9 Å². The number of carbonyl (C=O) groups excluding carboxylic acids is 2. The molecule has 4 nitrogen and oxygen atoms in total. The zero-order valence-corrected chi connectivity index (χ0v) is 14.4. The second kappa shape index (κ2) is 6.48. The van der Waals surface area contributed by atoms with Crippen molar-refractivity contribution in [2.45, 2.75) is 13.5 Å². The van der Waals surface area contributed by atoms with E-state index in [1.165, 1.54) is 4.90 Å². The Hall–Kier alpha value is -3.40. The van der Waals surface area contributed by atoms with E-state index in [1.54, 1.807) is 6.08 Å². The predicted molar refractivity (Wildman–Crippen MR) is 102 cm³/mol. The van der Waals surface area contributed by atoms with Gasteiger partial charge in [0.1, 0.15) is 5.70 Å². The summed E-state index contributed by atoms with van der Waals surface area (Å²) in [6.07, 6.45) is 1.75. The molecule has 3 aromatic carbocycles. The smallest absolute Gasteiger partial charge is 0.303 e. The van der Waals surface area contributed by atoms with Crippen molar-refractivity contribution in [1.82, 2.24) is 10.2 Å². The summed E-state index contributed by atoms with van der Waals surface area (Å²) in [5, 5.41) is 4.84. The predicted octanol–water partition coefficient (Wildman–Crippen LogP) is 4.24. The van der Waals surface area contributed by atoms with E-state index in [0.29, 0.717) is 5.70 Å². The topological polar surface area (TPSA) is 49.4 Å². The molecule has 0 aliphatic carbocycles. The Balaban J connectivity index is 1.65. The van der Waals surface area contributed by atoms with Crippen molar-refractivity contribution < 1.29 is 9.59 Å². The minimum atomic E-state index is -0.386. The SMILES string of the molecule is Cc1cccc(CN2C(=O)N/C(=C/c3cccc4ccccc34)C2=O)c1. The number of amides is 3. The quantitative estimate of drug-likeness (QED) is 0.572.